The monoisotopic (exact) mass is 256 g/mol. The van der Waals surface area contributed by atoms with E-state index in [0.717, 1.165) is 35.8 Å². The molecule has 3 nitrogen and oxygen atoms in total. The third-order valence-corrected chi connectivity index (χ3v) is 3.54. The van der Waals surface area contributed by atoms with Gasteiger partial charge in [0.1, 0.15) is 0 Å². The smallest absolute Gasteiger partial charge is 0.338 e. The molecule has 0 bridgehead atoms. The summed E-state index contributed by atoms with van der Waals surface area (Å²) in [6.45, 7) is 0.848. The summed E-state index contributed by atoms with van der Waals surface area (Å²) in [4.78, 5) is 12.1. The zero-order valence-electron chi connectivity index (χ0n) is 10.9. The topological polar surface area (TPSA) is 38.8 Å². The van der Waals surface area contributed by atoms with Crippen molar-refractivity contribution >= 4 is 16.7 Å². The van der Waals surface area contributed by atoms with Gasteiger partial charge in [-0.3, -0.25) is 0 Å². The van der Waals surface area contributed by atoms with Gasteiger partial charge in [-0.2, -0.15) is 0 Å². The Hall–Kier alpha value is -1.87. The third kappa shape index (κ3) is 2.47. The summed E-state index contributed by atoms with van der Waals surface area (Å²) in [5.74, 6) is -0.261. The molecule has 1 aliphatic heterocycles. The average molecular weight is 256 g/mol. The first-order valence-electron chi connectivity index (χ1n) is 6.50. The fourth-order valence-corrected chi connectivity index (χ4v) is 2.42. The third-order valence-electron chi connectivity index (χ3n) is 3.54. The van der Waals surface area contributed by atoms with E-state index < -0.39 is 0 Å². The highest BCUT2D eigenvalue weighted by molar-refractivity contribution is 6.05. The van der Waals surface area contributed by atoms with Crippen LogP contribution in [0.4, 0.5) is 0 Å². The largest absolute Gasteiger partial charge is 0.465 e. The Morgan fingerprint density at radius 1 is 1.32 bits per heavy atom. The number of esters is 1. The fourth-order valence-electron chi connectivity index (χ4n) is 2.42. The van der Waals surface area contributed by atoms with E-state index in [1.807, 2.05) is 30.3 Å². The van der Waals surface area contributed by atoms with Gasteiger partial charge in [-0.25, -0.2) is 4.79 Å². The number of hydrogen-bond acceptors (Lipinski definition) is 3. The molecule has 1 fully saturated rings. The van der Waals surface area contributed by atoms with Gasteiger partial charge in [0.15, 0.2) is 0 Å². The second-order valence-electron chi connectivity index (χ2n) is 4.81. The summed E-state index contributed by atoms with van der Waals surface area (Å²) < 4.78 is 10.2. The highest BCUT2D eigenvalue weighted by Gasteiger charge is 2.23. The van der Waals surface area contributed by atoms with E-state index in [2.05, 4.69) is 6.07 Å². The minimum Gasteiger partial charge on any atom is -0.465 e. The zero-order chi connectivity index (χ0) is 13.2. The lowest BCUT2D eigenvalue weighted by Gasteiger charge is -2.11. The van der Waals surface area contributed by atoms with Crippen molar-refractivity contribution in [3.8, 4) is 0 Å². The predicted octanol–water partition coefficient (Wildman–Crippen LogP) is 2.96. The highest BCUT2D eigenvalue weighted by Crippen LogP contribution is 2.26. The first-order valence-corrected chi connectivity index (χ1v) is 6.50. The van der Waals surface area contributed by atoms with Crippen LogP contribution in [0, 0.1) is 0 Å². The molecule has 0 radical (unpaired) electrons. The van der Waals surface area contributed by atoms with Gasteiger partial charge in [0.25, 0.3) is 0 Å². The fraction of sp³-hybridized carbons (Fsp3) is 0.312. The SMILES string of the molecule is COC(=O)c1c(CC[C@H]2CO2)ccc2ccccc12. The molecule has 0 saturated carbocycles. The molecule has 0 aliphatic carbocycles. The van der Waals surface area contributed by atoms with Crippen LogP contribution >= 0.6 is 0 Å². The van der Waals surface area contributed by atoms with Gasteiger partial charge in [-0.15, -0.1) is 0 Å². The first kappa shape index (κ1) is 12.2. The zero-order valence-corrected chi connectivity index (χ0v) is 10.9. The number of ether oxygens (including phenoxy) is 2. The molecule has 3 heteroatoms. The van der Waals surface area contributed by atoms with Crippen molar-refractivity contribution in [3.05, 3.63) is 47.5 Å². The molecular weight excluding hydrogens is 240 g/mol. The molecule has 2 aromatic carbocycles. The highest BCUT2D eigenvalue weighted by atomic mass is 16.6. The average Bonchev–Trinajstić information content (AvgIpc) is 3.27. The number of rotatable bonds is 4. The second kappa shape index (κ2) is 5.02. The van der Waals surface area contributed by atoms with Crippen LogP contribution in [0.25, 0.3) is 10.8 Å². The van der Waals surface area contributed by atoms with E-state index in [1.165, 1.54) is 7.11 Å². The van der Waals surface area contributed by atoms with Gasteiger partial charge in [0.05, 0.1) is 25.4 Å². The molecule has 0 amide bonds. The van der Waals surface area contributed by atoms with Crippen LogP contribution in [-0.4, -0.2) is 25.8 Å². The molecule has 3 rings (SSSR count). The molecule has 98 valence electrons. The Labute approximate surface area is 112 Å². The Balaban J connectivity index is 2.05. The normalized spacial score (nSPS) is 17.4. The van der Waals surface area contributed by atoms with Crippen molar-refractivity contribution < 1.29 is 14.3 Å². The van der Waals surface area contributed by atoms with Crippen LogP contribution in [0.5, 0.6) is 0 Å². The summed E-state index contributed by atoms with van der Waals surface area (Å²) in [6, 6.07) is 12.0. The Morgan fingerprint density at radius 3 is 2.84 bits per heavy atom. The second-order valence-corrected chi connectivity index (χ2v) is 4.81. The number of hydrogen-bond donors (Lipinski definition) is 0. The van der Waals surface area contributed by atoms with E-state index in [-0.39, 0.29) is 5.97 Å². The molecule has 0 spiro atoms. The molecule has 1 aliphatic rings. The maximum Gasteiger partial charge on any atom is 0.338 e. The first-order chi connectivity index (χ1) is 9.29. The summed E-state index contributed by atoms with van der Waals surface area (Å²) in [5, 5.41) is 2.03. The van der Waals surface area contributed by atoms with Crippen LogP contribution in [0.15, 0.2) is 36.4 Å². The number of benzene rings is 2. The van der Waals surface area contributed by atoms with E-state index in [1.54, 1.807) is 0 Å². The van der Waals surface area contributed by atoms with E-state index >= 15 is 0 Å². The Bertz CT molecular complexity index is 614. The molecular formula is C16H16O3. The lowest BCUT2D eigenvalue weighted by Crippen LogP contribution is -2.07. The maximum atomic E-state index is 12.1. The van der Waals surface area contributed by atoms with Gasteiger partial charge < -0.3 is 9.47 Å². The number of fused-ring (bicyclic) bond motifs is 1. The predicted molar refractivity (Wildman–Crippen MR) is 73.3 cm³/mol. The quantitative estimate of drug-likeness (QED) is 0.623. The van der Waals surface area contributed by atoms with Gasteiger partial charge >= 0.3 is 5.97 Å². The number of epoxide rings is 1. The van der Waals surface area contributed by atoms with E-state index in [0.29, 0.717) is 11.7 Å². The van der Waals surface area contributed by atoms with Crippen molar-refractivity contribution in [1.29, 1.82) is 0 Å². The van der Waals surface area contributed by atoms with Crippen LogP contribution in [-0.2, 0) is 15.9 Å². The van der Waals surface area contributed by atoms with Crippen molar-refractivity contribution in [3.63, 3.8) is 0 Å². The van der Waals surface area contributed by atoms with Gasteiger partial charge in [0.2, 0.25) is 0 Å². The molecule has 0 unspecified atom stereocenters. The maximum absolute atomic E-state index is 12.1. The minimum atomic E-state index is -0.261. The molecule has 0 N–H and O–H groups in total. The summed E-state index contributed by atoms with van der Waals surface area (Å²) >= 11 is 0. The lowest BCUT2D eigenvalue weighted by atomic mass is 9.95. The van der Waals surface area contributed by atoms with Crippen LogP contribution < -0.4 is 0 Å². The van der Waals surface area contributed by atoms with Crippen LogP contribution in [0.3, 0.4) is 0 Å². The lowest BCUT2D eigenvalue weighted by molar-refractivity contribution is 0.0601. The van der Waals surface area contributed by atoms with Gasteiger partial charge in [0, 0.05) is 0 Å². The molecule has 0 aromatic heterocycles. The van der Waals surface area contributed by atoms with Crippen molar-refractivity contribution in [2.24, 2.45) is 0 Å². The van der Waals surface area contributed by atoms with Crippen LogP contribution in [0.1, 0.15) is 22.3 Å². The van der Waals surface area contributed by atoms with Crippen molar-refractivity contribution in [2.75, 3.05) is 13.7 Å². The molecule has 1 heterocycles. The van der Waals surface area contributed by atoms with E-state index in [4.69, 9.17) is 9.47 Å². The number of aryl methyl sites for hydroxylation is 1. The van der Waals surface area contributed by atoms with Gasteiger partial charge in [-0.1, -0.05) is 36.4 Å². The molecule has 2 aromatic rings. The molecule has 1 atom stereocenters. The number of methoxy groups -OCH3 is 1. The number of carbonyl (C=O) groups excluding carboxylic acids is 1. The van der Waals surface area contributed by atoms with Crippen molar-refractivity contribution in [2.45, 2.75) is 18.9 Å². The summed E-state index contributed by atoms with van der Waals surface area (Å²) in [5.41, 5.74) is 1.74. The summed E-state index contributed by atoms with van der Waals surface area (Å²) in [6.07, 6.45) is 2.18. The summed E-state index contributed by atoms with van der Waals surface area (Å²) in [7, 11) is 1.43. The Morgan fingerprint density at radius 2 is 2.11 bits per heavy atom. The minimum absolute atomic E-state index is 0.261. The van der Waals surface area contributed by atoms with Gasteiger partial charge in [-0.05, 0) is 29.2 Å². The van der Waals surface area contributed by atoms with E-state index in [9.17, 15) is 4.79 Å². The molecule has 1 saturated heterocycles. The number of carbonyl (C=O) groups is 1. The Kier molecular flexibility index (Phi) is 3.22. The standard InChI is InChI=1S/C16H16O3/c1-18-16(17)15-12(8-9-13-10-19-13)7-6-11-4-2-3-5-14(11)15/h2-7,13H,8-10H2,1H3/t13-/m0/s1. The molecule has 19 heavy (non-hydrogen) atoms. The van der Waals surface area contributed by atoms with Crippen molar-refractivity contribution in [1.82, 2.24) is 0 Å². The van der Waals surface area contributed by atoms with Crippen LogP contribution in [0.2, 0.25) is 0 Å².